The highest BCUT2D eigenvalue weighted by Gasteiger charge is 2.46. The Balaban J connectivity index is 1.72. The third-order valence-corrected chi connectivity index (χ3v) is 5.96. The van der Waals surface area contributed by atoms with Gasteiger partial charge in [0.15, 0.2) is 0 Å². The molecule has 1 aromatic rings. The van der Waals surface area contributed by atoms with Gasteiger partial charge in [-0.05, 0) is 44.8 Å². The highest BCUT2D eigenvalue weighted by molar-refractivity contribution is 5.89. The maximum Gasteiger partial charge on any atom is 0.245 e. The maximum atomic E-state index is 13.2. The lowest BCUT2D eigenvalue weighted by Gasteiger charge is -2.43. The van der Waals surface area contributed by atoms with Gasteiger partial charge in [-0.15, -0.1) is 0 Å². The number of aryl methyl sites for hydroxylation is 1. The van der Waals surface area contributed by atoms with Crippen LogP contribution in [0.1, 0.15) is 38.7 Å². The van der Waals surface area contributed by atoms with E-state index in [4.69, 9.17) is 0 Å². The van der Waals surface area contributed by atoms with Crippen molar-refractivity contribution in [3.63, 3.8) is 0 Å². The molecule has 0 N–H and O–H groups in total. The zero-order valence-corrected chi connectivity index (χ0v) is 17.1. The van der Waals surface area contributed by atoms with Gasteiger partial charge in [-0.25, -0.2) is 0 Å². The topological polar surface area (TPSA) is 43.9 Å². The van der Waals surface area contributed by atoms with E-state index in [1.54, 1.807) is 0 Å². The fraction of sp³-hybridized carbons (Fsp3) is 0.636. The standard InChI is InChI=1S/C22H33N3O2/c1-16(2)12-20-22(27)24-14-18(23(3)4)13-19(24)15-25(20)21(26)11-10-17-8-6-5-7-9-17/h5-9,16,18-20H,10-15H2,1-4H3/t18-,19-,20-/m0/s1. The molecule has 2 saturated heterocycles. The Hall–Kier alpha value is -1.88. The zero-order chi connectivity index (χ0) is 19.6. The van der Waals surface area contributed by atoms with Crippen LogP contribution in [0.3, 0.4) is 0 Å². The number of likely N-dealkylation sites (N-methyl/N-ethyl adjacent to an activating group) is 1. The van der Waals surface area contributed by atoms with Gasteiger partial charge >= 0.3 is 0 Å². The highest BCUT2D eigenvalue weighted by Crippen LogP contribution is 2.30. The molecule has 0 aliphatic carbocycles. The monoisotopic (exact) mass is 371 g/mol. The predicted octanol–water partition coefficient (Wildman–Crippen LogP) is 2.41. The van der Waals surface area contributed by atoms with Crippen LogP contribution in [0, 0.1) is 5.92 Å². The molecule has 0 radical (unpaired) electrons. The van der Waals surface area contributed by atoms with Crippen LogP contribution in [-0.2, 0) is 16.0 Å². The van der Waals surface area contributed by atoms with Gasteiger partial charge in [-0.3, -0.25) is 9.59 Å². The fourth-order valence-electron chi connectivity index (χ4n) is 4.38. The minimum atomic E-state index is -0.301. The summed E-state index contributed by atoms with van der Waals surface area (Å²) in [6.07, 6.45) is 2.89. The number of carbonyl (C=O) groups excluding carboxylic acids is 2. The summed E-state index contributed by atoms with van der Waals surface area (Å²) in [5.41, 5.74) is 1.17. The van der Waals surface area contributed by atoms with E-state index in [0.29, 0.717) is 24.9 Å². The minimum absolute atomic E-state index is 0.116. The molecule has 0 aromatic heterocycles. The highest BCUT2D eigenvalue weighted by atomic mass is 16.2. The second-order valence-electron chi connectivity index (χ2n) is 8.67. The van der Waals surface area contributed by atoms with Gasteiger partial charge in [0.1, 0.15) is 6.04 Å². The first-order chi connectivity index (χ1) is 12.9. The van der Waals surface area contributed by atoms with E-state index in [1.165, 1.54) is 5.56 Å². The molecule has 0 unspecified atom stereocenters. The third kappa shape index (κ3) is 4.52. The normalized spacial score (nSPS) is 25.4. The lowest BCUT2D eigenvalue weighted by molar-refractivity contribution is -0.154. The van der Waals surface area contributed by atoms with Crippen molar-refractivity contribution in [2.24, 2.45) is 5.92 Å². The van der Waals surface area contributed by atoms with Crippen LogP contribution in [0.15, 0.2) is 30.3 Å². The molecule has 0 spiro atoms. The SMILES string of the molecule is CC(C)C[C@H]1C(=O)N2C[C@@H](N(C)C)C[C@H]2CN1C(=O)CCc1ccccc1. The van der Waals surface area contributed by atoms with Crippen molar-refractivity contribution in [3.05, 3.63) is 35.9 Å². The summed E-state index contributed by atoms with van der Waals surface area (Å²) in [6, 6.07) is 10.4. The Morgan fingerprint density at radius 1 is 1.19 bits per heavy atom. The molecule has 0 bridgehead atoms. The number of rotatable bonds is 6. The second kappa shape index (κ2) is 8.42. The first-order valence-corrected chi connectivity index (χ1v) is 10.2. The lowest BCUT2D eigenvalue weighted by atomic mass is 9.96. The number of hydrogen-bond donors (Lipinski definition) is 0. The smallest absolute Gasteiger partial charge is 0.245 e. The number of nitrogens with zero attached hydrogens (tertiary/aromatic N) is 3. The Bertz CT molecular complexity index is 659. The van der Waals surface area contributed by atoms with Crippen LogP contribution in [0.4, 0.5) is 0 Å². The summed E-state index contributed by atoms with van der Waals surface area (Å²) in [7, 11) is 4.14. The molecule has 3 rings (SSSR count). The van der Waals surface area contributed by atoms with E-state index in [2.05, 4.69) is 45.0 Å². The van der Waals surface area contributed by atoms with Crippen LogP contribution >= 0.6 is 0 Å². The van der Waals surface area contributed by atoms with Crippen LogP contribution in [-0.4, -0.2) is 71.8 Å². The van der Waals surface area contributed by atoms with Gasteiger partial charge in [0, 0.05) is 25.6 Å². The quantitative estimate of drug-likeness (QED) is 0.771. The van der Waals surface area contributed by atoms with Crippen LogP contribution in [0.5, 0.6) is 0 Å². The van der Waals surface area contributed by atoms with Crippen molar-refractivity contribution in [2.75, 3.05) is 27.2 Å². The summed E-state index contributed by atoms with van der Waals surface area (Å²) >= 11 is 0. The Kier molecular flexibility index (Phi) is 6.20. The van der Waals surface area contributed by atoms with Crippen molar-refractivity contribution in [1.82, 2.24) is 14.7 Å². The molecular weight excluding hydrogens is 338 g/mol. The molecular formula is C22H33N3O2. The largest absolute Gasteiger partial charge is 0.335 e. The summed E-state index contributed by atoms with van der Waals surface area (Å²) < 4.78 is 0. The number of hydrogen-bond acceptors (Lipinski definition) is 3. The van der Waals surface area contributed by atoms with Gasteiger partial charge < -0.3 is 14.7 Å². The Morgan fingerprint density at radius 3 is 2.52 bits per heavy atom. The van der Waals surface area contributed by atoms with Crippen LogP contribution < -0.4 is 0 Å². The Labute approximate surface area is 163 Å². The van der Waals surface area contributed by atoms with Crippen molar-refractivity contribution < 1.29 is 9.59 Å². The van der Waals surface area contributed by atoms with E-state index in [1.807, 2.05) is 28.0 Å². The molecule has 3 atom stereocenters. The lowest BCUT2D eigenvalue weighted by Crippen LogP contribution is -2.61. The van der Waals surface area contributed by atoms with Gasteiger partial charge in [0.2, 0.25) is 11.8 Å². The predicted molar refractivity (Wildman–Crippen MR) is 107 cm³/mol. The molecule has 5 nitrogen and oxygen atoms in total. The van der Waals surface area contributed by atoms with Crippen molar-refractivity contribution in [1.29, 1.82) is 0 Å². The first kappa shape index (κ1) is 19.9. The number of benzene rings is 1. The van der Waals surface area contributed by atoms with Crippen molar-refractivity contribution in [3.8, 4) is 0 Å². The fourth-order valence-corrected chi connectivity index (χ4v) is 4.38. The molecule has 2 aliphatic rings. The van der Waals surface area contributed by atoms with Gasteiger partial charge in [0.25, 0.3) is 0 Å². The molecule has 2 fully saturated rings. The van der Waals surface area contributed by atoms with E-state index in [0.717, 1.165) is 25.8 Å². The maximum absolute atomic E-state index is 13.2. The molecule has 5 heteroatoms. The molecule has 2 heterocycles. The van der Waals surface area contributed by atoms with Gasteiger partial charge in [-0.2, -0.15) is 0 Å². The zero-order valence-electron chi connectivity index (χ0n) is 17.1. The Morgan fingerprint density at radius 2 is 1.89 bits per heavy atom. The summed E-state index contributed by atoms with van der Waals surface area (Å²) in [5, 5.41) is 0. The number of carbonyl (C=O) groups is 2. The average molecular weight is 372 g/mol. The molecule has 2 amide bonds. The van der Waals surface area contributed by atoms with Gasteiger partial charge in [-0.1, -0.05) is 44.2 Å². The van der Waals surface area contributed by atoms with Crippen LogP contribution in [0.25, 0.3) is 0 Å². The molecule has 2 aliphatic heterocycles. The number of fused-ring (bicyclic) bond motifs is 1. The molecule has 1 aromatic carbocycles. The second-order valence-corrected chi connectivity index (χ2v) is 8.67. The van der Waals surface area contributed by atoms with Crippen LogP contribution in [0.2, 0.25) is 0 Å². The van der Waals surface area contributed by atoms with E-state index < -0.39 is 0 Å². The summed E-state index contributed by atoms with van der Waals surface area (Å²) in [6.45, 7) is 5.72. The van der Waals surface area contributed by atoms with Gasteiger partial charge in [0.05, 0.1) is 6.04 Å². The average Bonchev–Trinajstić information content (AvgIpc) is 3.07. The molecule has 0 saturated carbocycles. The molecule has 27 heavy (non-hydrogen) atoms. The van der Waals surface area contributed by atoms with Crippen molar-refractivity contribution in [2.45, 2.75) is 57.7 Å². The summed E-state index contributed by atoms with van der Waals surface area (Å²) in [5.74, 6) is 0.648. The number of piperazine rings is 1. The van der Waals surface area contributed by atoms with E-state index in [-0.39, 0.29) is 23.9 Å². The third-order valence-electron chi connectivity index (χ3n) is 5.96. The van der Waals surface area contributed by atoms with Crippen molar-refractivity contribution >= 4 is 11.8 Å². The van der Waals surface area contributed by atoms with E-state index in [9.17, 15) is 9.59 Å². The first-order valence-electron chi connectivity index (χ1n) is 10.2. The van der Waals surface area contributed by atoms with E-state index >= 15 is 0 Å². The number of amides is 2. The minimum Gasteiger partial charge on any atom is -0.335 e. The summed E-state index contributed by atoms with van der Waals surface area (Å²) in [4.78, 5) is 32.4. The molecule has 148 valence electrons.